The highest BCUT2D eigenvalue weighted by molar-refractivity contribution is 8.01. The molecule has 0 spiro atoms. The van der Waals surface area contributed by atoms with Crippen LogP contribution < -0.4 is 5.73 Å². The zero-order valence-electron chi connectivity index (χ0n) is 10.9. The van der Waals surface area contributed by atoms with Gasteiger partial charge in [-0.1, -0.05) is 40.8 Å². The maximum absolute atomic E-state index is 5.95. The summed E-state index contributed by atoms with van der Waals surface area (Å²) in [5.41, 5.74) is 6.35. The number of hydrogen-bond acceptors (Lipinski definition) is 8. The van der Waals surface area contributed by atoms with Crippen LogP contribution in [-0.2, 0) is 0 Å². The summed E-state index contributed by atoms with van der Waals surface area (Å²) in [4.78, 5) is 0. The Balaban J connectivity index is 1.78. The number of nitrogens with two attached hydrogens (primary N) is 1. The number of rotatable bonds is 4. The first-order chi connectivity index (χ1) is 10.1. The lowest BCUT2D eigenvalue weighted by atomic mass is 10.2. The van der Waals surface area contributed by atoms with E-state index in [1.807, 2.05) is 19.1 Å². The highest BCUT2D eigenvalue weighted by Gasteiger charge is 2.18. The van der Waals surface area contributed by atoms with E-state index < -0.39 is 0 Å². The Morgan fingerprint density at radius 1 is 1.29 bits per heavy atom. The zero-order chi connectivity index (χ0) is 14.8. The molecule has 0 aliphatic heterocycles. The Morgan fingerprint density at radius 3 is 2.86 bits per heavy atom. The predicted octanol–water partition coefficient (Wildman–Crippen LogP) is 3.68. The molecule has 0 saturated carbocycles. The van der Waals surface area contributed by atoms with E-state index in [-0.39, 0.29) is 5.25 Å². The van der Waals surface area contributed by atoms with Gasteiger partial charge in [-0.3, -0.25) is 0 Å². The van der Waals surface area contributed by atoms with Crippen molar-refractivity contribution in [1.82, 2.24) is 20.4 Å². The van der Waals surface area contributed by atoms with Crippen LogP contribution in [-0.4, -0.2) is 20.4 Å². The van der Waals surface area contributed by atoms with E-state index in [0.717, 1.165) is 9.90 Å². The SMILES string of the molecule is CC(Sc1nnc(N)s1)c1nnc(-c2cccc(Cl)c2)o1. The van der Waals surface area contributed by atoms with Crippen molar-refractivity contribution in [1.29, 1.82) is 0 Å². The standard InChI is InChI=1S/C12H10ClN5OS2/c1-6(20-12-18-17-11(14)21-12)9-15-16-10(19-9)7-3-2-4-8(13)5-7/h2-6H,1H3,(H2,14,17). The summed E-state index contributed by atoms with van der Waals surface area (Å²) in [5, 5.41) is 16.9. The second-order valence-corrected chi connectivity index (χ2v) is 7.16. The largest absolute Gasteiger partial charge is 0.419 e. The molecule has 3 aromatic rings. The number of benzene rings is 1. The van der Waals surface area contributed by atoms with E-state index in [4.69, 9.17) is 21.8 Å². The minimum Gasteiger partial charge on any atom is -0.419 e. The Kier molecular flexibility index (Phi) is 4.09. The first-order valence-electron chi connectivity index (χ1n) is 5.97. The zero-order valence-corrected chi connectivity index (χ0v) is 13.2. The predicted molar refractivity (Wildman–Crippen MR) is 83.3 cm³/mol. The van der Waals surface area contributed by atoms with Crippen LogP contribution >= 0.6 is 34.7 Å². The fraction of sp³-hybridized carbons (Fsp3) is 0.167. The van der Waals surface area contributed by atoms with Crippen molar-refractivity contribution in [3.63, 3.8) is 0 Å². The lowest BCUT2D eigenvalue weighted by molar-refractivity contribution is 0.509. The van der Waals surface area contributed by atoms with Gasteiger partial charge < -0.3 is 10.2 Å². The third-order valence-electron chi connectivity index (χ3n) is 2.56. The maximum atomic E-state index is 5.95. The van der Waals surface area contributed by atoms with E-state index in [9.17, 15) is 0 Å². The third kappa shape index (κ3) is 3.34. The van der Waals surface area contributed by atoms with E-state index in [1.54, 1.807) is 12.1 Å². The van der Waals surface area contributed by atoms with Gasteiger partial charge in [0.05, 0.1) is 5.25 Å². The number of nitrogen functional groups attached to an aromatic ring is 1. The normalized spacial score (nSPS) is 12.5. The lowest BCUT2D eigenvalue weighted by Crippen LogP contribution is -1.88. The van der Waals surface area contributed by atoms with Crippen LogP contribution in [0.25, 0.3) is 11.5 Å². The quantitative estimate of drug-likeness (QED) is 0.725. The second-order valence-electron chi connectivity index (χ2n) is 4.12. The minimum absolute atomic E-state index is 0.0437. The summed E-state index contributed by atoms with van der Waals surface area (Å²) >= 11 is 8.75. The summed E-state index contributed by atoms with van der Waals surface area (Å²) in [6.45, 7) is 1.96. The average Bonchev–Trinajstić information content (AvgIpc) is 3.08. The highest BCUT2D eigenvalue weighted by Crippen LogP contribution is 2.37. The van der Waals surface area contributed by atoms with Crippen LogP contribution in [0.3, 0.4) is 0 Å². The molecule has 3 rings (SSSR count). The molecule has 2 heterocycles. The van der Waals surface area contributed by atoms with E-state index >= 15 is 0 Å². The first kappa shape index (κ1) is 14.3. The highest BCUT2D eigenvalue weighted by atomic mass is 35.5. The van der Waals surface area contributed by atoms with Gasteiger partial charge in [0.2, 0.25) is 16.9 Å². The van der Waals surface area contributed by atoms with Gasteiger partial charge in [-0.25, -0.2) is 0 Å². The molecule has 0 amide bonds. The molecule has 0 bridgehead atoms. The smallest absolute Gasteiger partial charge is 0.247 e. The Hall–Kier alpha value is -1.64. The molecule has 0 saturated heterocycles. The summed E-state index contributed by atoms with van der Waals surface area (Å²) in [5.74, 6) is 0.959. The van der Waals surface area contributed by atoms with Crippen molar-refractivity contribution in [3.8, 4) is 11.5 Å². The fourth-order valence-corrected chi connectivity index (χ4v) is 3.61. The molecular formula is C12H10ClN5OS2. The summed E-state index contributed by atoms with van der Waals surface area (Å²) in [6, 6.07) is 7.28. The second kappa shape index (κ2) is 6.00. The lowest BCUT2D eigenvalue weighted by Gasteiger charge is -2.02. The number of hydrogen-bond donors (Lipinski definition) is 1. The molecule has 0 fully saturated rings. The monoisotopic (exact) mass is 339 g/mol. The molecule has 6 nitrogen and oxygen atoms in total. The van der Waals surface area contributed by atoms with E-state index in [0.29, 0.717) is 21.9 Å². The van der Waals surface area contributed by atoms with Gasteiger partial charge >= 0.3 is 0 Å². The average molecular weight is 340 g/mol. The van der Waals surface area contributed by atoms with Gasteiger partial charge in [0.1, 0.15) is 0 Å². The first-order valence-corrected chi connectivity index (χ1v) is 8.04. The number of aromatic nitrogens is 4. The van der Waals surface area contributed by atoms with Gasteiger partial charge in [-0.15, -0.1) is 20.4 Å². The Morgan fingerprint density at radius 2 is 2.14 bits per heavy atom. The topological polar surface area (TPSA) is 90.7 Å². The third-order valence-corrected chi connectivity index (χ3v) is 4.72. The van der Waals surface area contributed by atoms with Crippen LogP contribution in [0.1, 0.15) is 18.1 Å². The van der Waals surface area contributed by atoms with Crippen LogP contribution in [0.2, 0.25) is 5.02 Å². The molecule has 9 heteroatoms. The molecular weight excluding hydrogens is 330 g/mol. The number of halogens is 1. The molecule has 0 aliphatic rings. The van der Waals surface area contributed by atoms with E-state index in [1.165, 1.54) is 23.1 Å². The molecule has 0 aliphatic carbocycles. The summed E-state index contributed by atoms with van der Waals surface area (Å²) < 4.78 is 6.46. The fourth-order valence-electron chi connectivity index (χ4n) is 1.61. The number of thioether (sulfide) groups is 1. The van der Waals surface area contributed by atoms with Crippen molar-refractivity contribution in [3.05, 3.63) is 35.2 Å². The van der Waals surface area contributed by atoms with Gasteiger partial charge in [0, 0.05) is 10.6 Å². The van der Waals surface area contributed by atoms with Gasteiger partial charge in [-0.2, -0.15) is 0 Å². The van der Waals surface area contributed by atoms with E-state index in [2.05, 4.69) is 20.4 Å². The van der Waals surface area contributed by atoms with Gasteiger partial charge in [0.25, 0.3) is 0 Å². The van der Waals surface area contributed by atoms with Gasteiger partial charge in [0.15, 0.2) is 4.34 Å². The Labute approximate surface area is 133 Å². The van der Waals surface area contributed by atoms with Crippen LogP contribution in [0.15, 0.2) is 33.0 Å². The van der Waals surface area contributed by atoms with Crippen molar-refractivity contribution in [2.45, 2.75) is 16.5 Å². The van der Waals surface area contributed by atoms with Crippen LogP contribution in [0, 0.1) is 0 Å². The molecule has 1 atom stereocenters. The van der Waals surface area contributed by atoms with Crippen molar-refractivity contribution >= 4 is 39.8 Å². The maximum Gasteiger partial charge on any atom is 0.247 e. The van der Waals surface area contributed by atoms with Crippen molar-refractivity contribution in [2.24, 2.45) is 0 Å². The van der Waals surface area contributed by atoms with Crippen molar-refractivity contribution < 1.29 is 4.42 Å². The van der Waals surface area contributed by atoms with Crippen molar-refractivity contribution in [2.75, 3.05) is 5.73 Å². The molecule has 2 aromatic heterocycles. The molecule has 21 heavy (non-hydrogen) atoms. The number of nitrogens with zero attached hydrogens (tertiary/aromatic N) is 4. The Bertz CT molecular complexity index is 759. The summed E-state index contributed by atoms with van der Waals surface area (Å²) in [7, 11) is 0. The van der Waals surface area contributed by atoms with Crippen LogP contribution in [0.4, 0.5) is 5.13 Å². The van der Waals surface area contributed by atoms with Gasteiger partial charge in [-0.05, 0) is 25.1 Å². The minimum atomic E-state index is -0.0437. The number of anilines is 1. The molecule has 2 N–H and O–H groups in total. The molecule has 108 valence electrons. The molecule has 0 radical (unpaired) electrons. The summed E-state index contributed by atoms with van der Waals surface area (Å²) in [6.07, 6.45) is 0. The van der Waals surface area contributed by atoms with Crippen LogP contribution in [0.5, 0.6) is 0 Å². The molecule has 1 unspecified atom stereocenters. The molecule has 1 aromatic carbocycles.